The summed E-state index contributed by atoms with van der Waals surface area (Å²) in [5.41, 5.74) is 0. The molecule has 1 N–H and O–H groups in total. The molecule has 0 aromatic carbocycles. The lowest BCUT2D eigenvalue weighted by Gasteiger charge is -2.17. The van der Waals surface area contributed by atoms with E-state index in [9.17, 15) is 0 Å². The second-order valence-corrected chi connectivity index (χ2v) is 2.69. The Labute approximate surface area is 77.4 Å². The van der Waals surface area contributed by atoms with Crippen LogP contribution in [-0.2, 0) is 0 Å². The zero-order valence-electron chi connectivity index (χ0n) is 7.11. The standard InChI is InChI=1S/C8H11N3S/c1-9-8(12)11(2)7-5-3-4-6-10-7/h3-6H,1-2H3,(H,9,12). The van der Waals surface area contributed by atoms with Crippen LogP contribution in [0.2, 0.25) is 0 Å². The molecule has 0 saturated heterocycles. The number of nitrogens with zero attached hydrogens (tertiary/aromatic N) is 2. The molecule has 0 aliphatic rings. The average molecular weight is 181 g/mol. The summed E-state index contributed by atoms with van der Waals surface area (Å²) in [6.45, 7) is 0. The molecule has 1 aromatic rings. The fourth-order valence-electron chi connectivity index (χ4n) is 0.824. The minimum absolute atomic E-state index is 0.661. The van der Waals surface area contributed by atoms with Crippen LogP contribution in [0.25, 0.3) is 0 Å². The Bertz CT molecular complexity index is 260. The molecule has 0 bridgehead atoms. The Morgan fingerprint density at radius 1 is 1.58 bits per heavy atom. The molecule has 0 aliphatic heterocycles. The molecule has 0 amide bonds. The van der Waals surface area contributed by atoms with Gasteiger partial charge in [-0.15, -0.1) is 0 Å². The first-order chi connectivity index (χ1) is 5.75. The van der Waals surface area contributed by atoms with Crippen LogP contribution in [0, 0.1) is 0 Å². The fourth-order valence-corrected chi connectivity index (χ4v) is 0.917. The van der Waals surface area contributed by atoms with Gasteiger partial charge in [-0.05, 0) is 24.4 Å². The molecular formula is C8H11N3S. The van der Waals surface area contributed by atoms with Crippen LogP contribution in [0.15, 0.2) is 24.4 Å². The Kier molecular flexibility index (Phi) is 2.99. The van der Waals surface area contributed by atoms with E-state index in [0.717, 1.165) is 5.82 Å². The van der Waals surface area contributed by atoms with Crippen LogP contribution in [0.1, 0.15) is 0 Å². The van der Waals surface area contributed by atoms with Gasteiger partial charge in [0.1, 0.15) is 5.82 Å². The summed E-state index contributed by atoms with van der Waals surface area (Å²) < 4.78 is 0. The fraction of sp³-hybridized carbons (Fsp3) is 0.250. The van der Waals surface area contributed by atoms with Crippen molar-refractivity contribution in [2.75, 3.05) is 19.0 Å². The van der Waals surface area contributed by atoms with Crippen LogP contribution in [-0.4, -0.2) is 24.2 Å². The van der Waals surface area contributed by atoms with E-state index in [0.29, 0.717) is 5.11 Å². The Balaban J connectivity index is 2.78. The molecular weight excluding hydrogens is 170 g/mol. The van der Waals surface area contributed by atoms with Gasteiger partial charge in [0.15, 0.2) is 5.11 Å². The van der Waals surface area contributed by atoms with Crippen LogP contribution >= 0.6 is 12.2 Å². The number of thiocarbonyl (C=S) groups is 1. The maximum absolute atomic E-state index is 5.03. The van der Waals surface area contributed by atoms with Crippen LogP contribution in [0.3, 0.4) is 0 Å². The number of pyridine rings is 1. The number of hydrogen-bond acceptors (Lipinski definition) is 2. The van der Waals surface area contributed by atoms with Crippen molar-refractivity contribution in [2.24, 2.45) is 0 Å². The maximum atomic E-state index is 5.03. The summed E-state index contributed by atoms with van der Waals surface area (Å²) in [6.07, 6.45) is 1.74. The van der Waals surface area contributed by atoms with E-state index >= 15 is 0 Å². The third-order valence-electron chi connectivity index (χ3n) is 1.51. The summed E-state index contributed by atoms with van der Waals surface area (Å²) in [6, 6.07) is 5.71. The molecule has 4 heteroatoms. The molecule has 3 nitrogen and oxygen atoms in total. The van der Waals surface area contributed by atoms with Crippen molar-refractivity contribution in [1.82, 2.24) is 10.3 Å². The second-order valence-electron chi connectivity index (χ2n) is 2.30. The third kappa shape index (κ3) is 1.92. The van der Waals surface area contributed by atoms with Gasteiger partial charge in [0.2, 0.25) is 0 Å². The van der Waals surface area contributed by atoms with Crippen molar-refractivity contribution in [3.05, 3.63) is 24.4 Å². The Morgan fingerprint density at radius 3 is 2.83 bits per heavy atom. The van der Waals surface area contributed by atoms with Gasteiger partial charge in [-0.2, -0.15) is 0 Å². The van der Waals surface area contributed by atoms with Crippen molar-refractivity contribution in [3.8, 4) is 0 Å². The number of rotatable bonds is 1. The van der Waals surface area contributed by atoms with E-state index in [-0.39, 0.29) is 0 Å². The van der Waals surface area contributed by atoms with Gasteiger partial charge in [0.25, 0.3) is 0 Å². The predicted molar refractivity (Wildman–Crippen MR) is 54.3 cm³/mol. The zero-order chi connectivity index (χ0) is 8.97. The molecule has 0 atom stereocenters. The van der Waals surface area contributed by atoms with E-state index in [1.54, 1.807) is 13.2 Å². The van der Waals surface area contributed by atoms with Crippen molar-refractivity contribution in [1.29, 1.82) is 0 Å². The van der Waals surface area contributed by atoms with Gasteiger partial charge in [-0.25, -0.2) is 4.98 Å². The van der Waals surface area contributed by atoms with Crippen LogP contribution in [0.4, 0.5) is 5.82 Å². The van der Waals surface area contributed by atoms with Crippen molar-refractivity contribution in [3.63, 3.8) is 0 Å². The Morgan fingerprint density at radius 2 is 2.33 bits per heavy atom. The van der Waals surface area contributed by atoms with Gasteiger partial charge in [-0.1, -0.05) is 6.07 Å². The first-order valence-electron chi connectivity index (χ1n) is 3.62. The zero-order valence-corrected chi connectivity index (χ0v) is 7.93. The van der Waals surface area contributed by atoms with E-state index in [4.69, 9.17) is 12.2 Å². The highest BCUT2D eigenvalue weighted by molar-refractivity contribution is 7.80. The first kappa shape index (κ1) is 8.93. The first-order valence-corrected chi connectivity index (χ1v) is 4.03. The van der Waals surface area contributed by atoms with Gasteiger partial charge >= 0.3 is 0 Å². The summed E-state index contributed by atoms with van der Waals surface area (Å²) in [5.74, 6) is 0.844. The summed E-state index contributed by atoms with van der Waals surface area (Å²) in [4.78, 5) is 5.96. The molecule has 64 valence electrons. The molecule has 0 aliphatic carbocycles. The molecule has 0 unspecified atom stereocenters. The molecule has 0 saturated carbocycles. The number of hydrogen-bond donors (Lipinski definition) is 1. The quantitative estimate of drug-likeness (QED) is 0.655. The molecule has 1 aromatic heterocycles. The van der Waals surface area contributed by atoms with Gasteiger partial charge in [0.05, 0.1) is 0 Å². The molecule has 1 heterocycles. The SMILES string of the molecule is CNC(=S)N(C)c1ccccn1. The predicted octanol–water partition coefficient (Wildman–Crippen LogP) is 1.02. The van der Waals surface area contributed by atoms with Crippen LogP contribution < -0.4 is 10.2 Å². The molecule has 0 spiro atoms. The van der Waals surface area contributed by atoms with Gasteiger partial charge < -0.3 is 10.2 Å². The van der Waals surface area contributed by atoms with Crippen LogP contribution in [0.5, 0.6) is 0 Å². The van der Waals surface area contributed by atoms with Gasteiger partial charge in [0, 0.05) is 20.3 Å². The van der Waals surface area contributed by atoms with E-state index in [1.165, 1.54) is 0 Å². The molecule has 0 fully saturated rings. The van der Waals surface area contributed by atoms with E-state index in [2.05, 4.69) is 10.3 Å². The highest BCUT2D eigenvalue weighted by atomic mass is 32.1. The second kappa shape index (κ2) is 4.01. The van der Waals surface area contributed by atoms with Crippen molar-refractivity contribution >= 4 is 23.1 Å². The topological polar surface area (TPSA) is 28.2 Å². The maximum Gasteiger partial charge on any atom is 0.174 e. The lowest BCUT2D eigenvalue weighted by Crippen LogP contribution is -2.34. The number of anilines is 1. The van der Waals surface area contributed by atoms with Crippen molar-refractivity contribution < 1.29 is 0 Å². The normalized spacial score (nSPS) is 9.17. The van der Waals surface area contributed by atoms with Crippen molar-refractivity contribution in [2.45, 2.75) is 0 Å². The molecule has 1 rings (SSSR count). The highest BCUT2D eigenvalue weighted by Gasteiger charge is 2.03. The van der Waals surface area contributed by atoms with Gasteiger partial charge in [-0.3, -0.25) is 0 Å². The lowest BCUT2D eigenvalue weighted by atomic mass is 10.4. The summed E-state index contributed by atoms with van der Waals surface area (Å²) >= 11 is 5.03. The Hall–Kier alpha value is -1.16. The largest absolute Gasteiger partial charge is 0.365 e. The highest BCUT2D eigenvalue weighted by Crippen LogP contribution is 2.05. The van der Waals surface area contributed by atoms with E-state index in [1.807, 2.05) is 30.1 Å². The molecule has 0 radical (unpaired) electrons. The third-order valence-corrected chi connectivity index (χ3v) is 1.99. The van der Waals surface area contributed by atoms with E-state index < -0.39 is 0 Å². The monoisotopic (exact) mass is 181 g/mol. The minimum atomic E-state index is 0.661. The molecule has 12 heavy (non-hydrogen) atoms. The smallest absolute Gasteiger partial charge is 0.174 e. The number of aromatic nitrogens is 1. The average Bonchev–Trinajstić information content (AvgIpc) is 2.17. The number of nitrogens with one attached hydrogen (secondary N) is 1. The summed E-state index contributed by atoms with van der Waals surface area (Å²) in [5, 5.41) is 3.54. The lowest BCUT2D eigenvalue weighted by molar-refractivity contribution is 1.09. The minimum Gasteiger partial charge on any atom is -0.365 e. The summed E-state index contributed by atoms with van der Waals surface area (Å²) in [7, 11) is 3.67.